The maximum atomic E-state index is 6.32. The summed E-state index contributed by atoms with van der Waals surface area (Å²) in [6.07, 6.45) is 2.82. The van der Waals surface area contributed by atoms with Crippen LogP contribution in [0.1, 0.15) is 13.3 Å². The van der Waals surface area contributed by atoms with Crippen LogP contribution in [0.15, 0.2) is 24.4 Å². The van der Waals surface area contributed by atoms with Crippen molar-refractivity contribution in [2.45, 2.75) is 13.3 Å². The minimum Gasteiger partial charge on any atom is -0.355 e. The van der Waals surface area contributed by atoms with Gasteiger partial charge in [-0.15, -0.1) is 0 Å². The van der Waals surface area contributed by atoms with Crippen LogP contribution in [0.4, 0.5) is 5.82 Å². The van der Waals surface area contributed by atoms with Crippen LogP contribution in [-0.2, 0) is 0 Å². The lowest BCUT2D eigenvalue weighted by atomic mass is 10.1. The molecule has 0 fully saturated rings. The summed E-state index contributed by atoms with van der Waals surface area (Å²) in [4.78, 5) is 11.4. The number of aromatic nitrogens is 4. The molecular formula is C17H20Cl2N6. The van der Waals surface area contributed by atoms with E-state index in [4.69, 9.17) is 23.2 Å². The quantitative estimate of drug-likeness (QED) is 0.612. The molecule has 0 aliphatic heterocycles. The average molecular weight is 379 g/mol. The largest absolute Gasteiger partial charge is 0.355 e. The summed E-state index contributed by atoms with van der Waals surface area (Å²) in [5, 5.41) is 11.4. The maximum Gasteiger partial charge on any atom is 0.202 e. The molecule has 0 atom stereocenters. The molecule has 3 rings (SSSR count). The lowest BCUT2D eigenvalue weighted by molar-refractivity contribution is 0.688. The molecule has 0 amide bonds. The SMILES string of the molecule is CCN(CCCNC)c1cnc2c(-c3cccc(Cl)c3Cl)[nH]nc2n1. The van der Waals surface area contributed by atoms with E-state index in [0.717, 1.165) is 43.1 Å². The van der Waals surface area contributed by atoms with Gasteiger partial charge in [0.1, 0.15) is 11.3 Å². The number of aromatic amines is 1. The first-order chi connectivity index (χ1) is 12.2. The number of fused-ring (bicyclic) bond motifs is 1. The monoisotopic (exact) mass is 378 g/mol. The van der Waals surface area contributed by atoms with Gasteiger partial charge in [0.05, 0.1) is 21.9 Å². The molecule has 0 aliphatic rings. The molecule has 0 radical (unpaired) electrons. The summed E-state index contributed by atoms with van der Waals surface area (Å²) in [5.41, 5.74) is 2.73. The predicted octanol–water partition coefficient (Wildman–Crippen LogP) is 3.76. The van der Waals surface area contributed by atoms with E-state index < -0.39 is 0 Å². The average Bonchev–Trinajstić information content (AvgIpc) is 3.04. The Morgan fingerprint density at radius 1 is 1.28 bits per heavy atom. The number of hydrogen-bond acceptors (Lipinski definition) is 5. The lowest BCUT2D eigenvalue weighted by Gasteiger charge is -2.21. The van der Waals surface area contributed by atoms with Crippen LogP contribution >= 0.6 is 23.2 Å². The number of rotatable bonds is 7. The standard InChI is InChI=1S/C17H20Cl2N6/c1-3-25(9-5-8-20-2)13-10-21-16-15(23-24-17(16)22-13)11-6-4-7-12(18)14(11)19/h4,6-7,10,20H,3,5,8-9H2,1-2H3,(H,22,23,24). The Morgan fingerprint density at radius 2 is 2.12 bits per heavy atom. The second-order valence-electron chi connectivity index (χ2n) is 5.64. The minimum atomic E-state index is 0.475. The Balaban J connectivity index is 1.94. The number of anilines is 1. The van der Waals surface area contributed by atoms with E-state index in [9.17, 15) is 0 Å². The molecule has 0 saturated carbocycles. The number of nitrogens with one attached hydrogen (secondary N) is 2. The molecule has 0 bridgehead atoms. The van der Waals surface area contributed by atoms with Crippen molar-refractivity contribution in [1.82, 2.24) is 25.5 Å². The van der Waals surface area contributed by atoms with Crippen LogP contribution in [0.3, 0.4) is 0 Å². The van der Waals surface area contributed by atoms with Crippen molar-refractivity contribution in [2.24, 2.45) is 0 Å². The van der Waals surface area contributed by atoms with Crippen molar-refractivity contribution in [1.29, 1.82) is 0 Å². The first-order valence-corrected chi connectivity index (χ1v) is 8.96. The van der Waals surface area contributed by atoms with Gasteiger partial charge in [-0.3, -0.25) is 5.10 Å². The Kier molecular flexibility index (Phi) is 5.73. The Hall–Kier alpha value is -1.89. The van der Waals surface area contributed by atoms with Crippen LogP contribution in [0.25, 0.3) is 22.4 Å². The zero-order chi connectivity index (χ0) is 17.8. The smallest absolute Gasteiger partial charge is 0.202 e. The van der Waals surface area contributed by atoms with Crippen molar-refractivity contribution in [3.63, 3.8) is 0 Å². The number of halogens is 2. The highest BCUT2D eigenvalue weighted by Gasteiger charge is 2.16. The fourth-order valence-corrected chi connectivity index (χ4v) is 3.10. The third kappa shape index (κ3) is 3.71. The predicted molar refractivity (Wildman–Crippen MR) is 104 cm³/mol. The van der Waals surface area contributed by atoms with E-state index >= 15 is 0 Å². The molecule has 0 unspecified atom stereocenters. The molecule has 25 heavy (non-hydrogen) atoms. The molecule has 3 aromatic rings. The van der Waals surface area contributed by atoms with Crippen LogP contribution in [0.2, 0.25) is 10.0 Å². The fraction of sp³-hybridized carbons (Fsp3) is 0.353. The molecule has 0 spiro atoms. The van der Waals surface area contributed by atoms with Crippen molar-refractivity contribution in [3.8, 4) is 11.3 Å². The summed E-state index contributed by atoms with van der Waals surface area (Å²) in [6, 6.07) is 5.48. The second kappa shape index (κ2) is 7.99. The summed E-state index contributed by atoms with van der Waals surface area (Å²) in [7, 11) is 1.95. The van der Waals surface area contributed by atoms with Crippen molar-refractivity contribution < 1.29 is 0 Å². The Bertz CT molecular complexity index is 863. The molecule has 2 heterocycles. The molecule has 132 valence electrons. The molecule has 0 saturated heterocycles. The Morgan fingerprint density at radius 3 is 2.88 bits per heavy atom. The summed E-state index contributed by atoms with van der Waals surface area (Å²) < 4.78 is 0. The normalized spacial score (nSPS) is 11.2. The highest BCUT2D eigenvalue weighted by atomic mass is 35.5. The van der Waals surface area contributed by atoms with Gasteiger partial charge in [-0.2, -0.15) is 5.10 Å². The molecule has 2 N–H and O–H groups in total. The maximum absolute atomic E-state index is 6.32. The first-order valence-electron chi connectivity index (χ1n) is 8.20. The zero-order valence-electron chi connectivity index (χ0n) is 14.2. The van der Waals surface area contributed by atoms with Gasteiger partial charge in [0.25, 0.3) is 0 Å². The van der Waals surface area contributed by atoms with E-state index in [2.05, 4.69) is 37.3 Å². The van der Waals surface area contributed by atoms with E-state index in [1.54, 1.807) is 12.3 Å². The van der Waals surface area contributed by atoms with E-state index in [0.29, 0.717) is 21.2 Å². The number of H-pyrrole nitrogens is 1. The molecular weight excluding hydrogens is 359 g/mol. The van der Waals surface area contributed by atoms with Gasteiger partial charge in [-0.1, -0.05) is 35.3 Å². The van der Waals surface area contributed by atoms with E-state index in [1.807, 2.05) is 19.2 Å². The van der Waals surface area contributed by atoms with Crippen LogP contribution in [0, 0.1) is 0 Å². The van der Waals surface area contributed by atoms with Crippen molar-refractivity contribution in [2.75, 3.05) is 31.6 Å². The molecule has 0 aliphatic carbocycles. The van der Waals surface area contributed by atoms with Gasteiger partial charge in [0.15, 0.2) is 0 Å². The number of benzene rings is 1. The molecule has 2 aromatic heterocycles. The Labute approximate surface area is 156 Å². The van der Waals surface area contributed by atoms with Gasteiger partial charge in [-0.25, -0.2) is 9.97 Å². The first kappa shape index (κ1) is 17.9. The topological polar surface area (TPSA) is 69.7 Å². The van der Waals surface area contributed by atoms with Crippen molar-refractivity contribution in [3.05, 3.63) is 34.4 Å². The van der Waals surface area contributed by atoms with E-state index in [1.165, 1.54) is 0 Å². The molecule has 6 nitrogen and oxygen atoms in total. The third-order valence-electron chi connectivity index (χ3n) is 4.03. The van der Waals surface area contributed by atoms with Crippen LogP contribution < -0.4 is 10.2 Å². The van der Waals surface area contributed by atoms with Gasteiger partial charge in [0.2, 0.25) is 5.65 Å². The number of hydrogen-bond donors (Lipinski definition) is 2. The van der Waals surface area contributed by atoms with Gasteiger partial charge >= 0.3 is 0 Å². The molecule has 1 aromatic carbocycles. The summed E-state index contributed by atoms with van der Waals surface area (Å²) in [6.45, 7) is 4.84. The highest BCUT2D eigenvalue weighted by Crippen LogP contribution is 2.35. The number of nitrogens with zero attached hydrogens (tertiary/aromatic N) is 4. The minimum absolute atomic E-state index is 0.475. The van der Waals surface area contributed by atoms with Gasteiger partial charge in [0, 0.05) is 18.7 Å². The van der Waals surface area contributed by atoms with E-state index in [-0.39, 0.29) is 0 Å². The summed E-state index contributed by atoms with van der Waals surface area (Å²) in [5.74, 6) is 0.821. The van der Waals surface area contributed by atoms with Crippen molar-refractivity contribution >= 4 is 40.2 Å². The highest BCUT2D eigenvalue weighted by molar-refractivity contribution is 6.43. The van der Waals surface area contributed by atoms with Gasteiger partial charge in [-0.05, 0) is 33.0 Å². The summed E-state index contributed by atoms with van der Waals surface area (Å²) >= 11 is 12.4. The van der Waals surface area contributed by atoms with Gasteiger partial charge < -0.3 is 10.2 Å². The fourth-order valence-electron chi connectivity index (χ4n) is 2.70. The second-order valence-corrected chi connectivity index (χ2v) is 6.42. The molecule has 8 heteroatoms. The lowest BCUT2D eigenvalue weighted by Crippen LogP contribution is -2.27. The van der Waals surface area contributed by atoms with Crippen LogP contribution in [0.5, 0.6) is 0 Å². The third-order valence-corrected chi connectivity index (χ3v) is 4.85. The van der Waals surface area contributed by atoms with Crippen LogP contribution in [-0.4, -0.2) is 46.8 Å². The zero-order valence-corrected chi connectivity index (χ0v) is 15.7.